The Balaban J connectivity index is 2.41. The van der Waals surface area contributed by atoms with E-state index in [1.807, 2.05) is 0 Å². The van der Waals surface area contributed by atoms with E-state index in [4.69, 9.17) is 10.5 Å². The Labute approximate surface area is 152 Å². The molecule has 0 fully saturated rings. The fraction of sp³-hybridized carbons (Fsp3) is 0.118. The highest BCUT2D eigenvalue weighted by atomic mass is 19.4. The van der Waals surface area contributed by atoms with Gasteiger partial charge in [0, 0.05) is 18.0 Å². The van der Waals surface area contributed by atoms with Crippen molar-refractivity contribution in [2.24, 2.45) is 0 Å². The third-order valence-electron chi connectivity index (χ3n) is 3.87. The molecule has 0 N–H and O–H groups in total. The summed E-state index contributed by atoms with van der Waals surface area (Å²) in [6.07, 6.45) is -8.84. The molecule has 0 aliphatic heterocycles. The molecule has 0 saturated heterocycles. The molecule has 0 spiro atoms. The second-order valence-corrected chi connectivity index (χ2v) is 5.54. The van der Waals surface area contributed by atoms with Crippen molar-refractivity contribution in [1.29, 1.82) is 10.5 Å². The monoisotopic (exact) mass is 394 g/mol. The topological polar surface area (TPSA) is 90.4 Å². The second kappa shape index (κ2) is 6.16. The number of aromatic nitrogens is 2. The number of nitriles is 2. The highest BCUT2D eigenvalue weighted by Crippen LogP contribution is 2.42. The average molecular weight is 394 g/mol. The Bertz CT molecular complexity index is 1120. The predicted octanol–water partition coefficient (Wildman–Crippen LogP) is 4.18. The van der Waals surface area contributed by atoms with Crippen LogP contribution in [0.2, 0.25) is 0 Å². The van der Waals surface area contributed by atoms with Crippen molar-refractivity contribution in [3.05, 3.63) is 52.4 Å². The van der Waals surface area contributed by atoms with Crippen molar-refractivity contribution in [2.75, 3.05) is 0 Å². The normalized spacial score (nSPS) is 13.3. The van der Waals surface area contributed by atoms with Crippen molar-refractivity contribution in [1.82, 2.24) is 9.97 Å². The van der Waals surface area contributed by atoms with E-state index in [0.717, 1.165) is 0 Å². The van der Waals surface area contributed by atoms with Gasteiger partial charge in [-0.3, -0.25) is 14.8 Å². The highest BCUT2D eigenvalue weighted by Gasteiger charge is 2.39. The van der Waals surface area contributed by atoms with Gasteiger partial charge in [0.15, 0.2) is 5.78 Å². The molecule has 0 unspecified atom stereocenters. The van der Waals surface area contributed by atoms with Gasteiger partial charge in [0.1, 0.15) is 23.4 Å². The van der Waals surface area contributed by atoms with E-state index in [-0.39, 0.29) is 11.4 Å². The van der Waals surface area contributed by atoms with Gasteiger partial charge in [0.2, 0.25) is 0 Å². The van der Waals surface area contributed by atoms with Gasteiger partial charge >= 0.3 is 12.4 Å². The van der Waals surface area contributed by atoms with Crippen LogP contribution in [0.25, 0.3) is 17.0 Å². The molecule has 1 aliphatic rings. The number of allylic oxidation sites excluding steroid dienone is 2. The summed E-state index contributed by atoms with van der Waals surface area (Å²) in [6, 6.07) is 3.71. The van der Waals surface area contributed by atoms with Crippen LogP contribution in [-0.2, 0) is 12.4 Å². The predicted molar refractivity (Wildman–Crippen MR) is 79.9 cm³/mol. The van der Waals surface area contributed by atoms with Gasteiger partial charge in [-0.2, -0.15) is 36.9 Å². The number of hydrogen-bond donors (Lipinski definition) is 0. The average Bonchev–Trinajstić information content (AvgIpc) is 2.62. The number of ketones is 1. The maximum absolute atomic E-state index is 13.0. The SMILES string of the molecule is N#CC(C#N)=C1C(=O)c2cc(C(F)(F)F)cnc2-c2ncc(C(F)(F)F)cc21. The summed E-state index contributed by atoms with van der Waals surface area (Å²) in [5, 5.41) is 18.1. The van der Waals surface area contributed by atoms with Crippen molar-refractivity contribution in [3.8, 4) is 23.5 Å². The highest BCUT2D eigenvalue weighted by molar-refractivity contribution is 6.35. The van der Waals surface area contributed by atoms with Crippen LogP contribution in [0, 0.1) is 22.7 Å². The van der Waals surface area contributed by atoms with Crippen molar-refractivity contribution in [3.63, 3.8) is 0 Å². The maximum Gasteiger partial charge on any atom is 0.417 e. The fourth-order valence-corrected chi connectivity index (χ4v) is 2.62. The van der Waals surface area contributed by atoms with E-state index < -0.39 is 51.5 Å². The Hall–Kier alpha value is -3.73. The van der Waals surface area contributed by atoms with Gasteiger partial charge in [-0.25, -0.2) is 0 Å². The molecule has 140 valence electrons. The maximum atomic E-state index is 13.0. The first kappa shape index (κ1) is 19.0. The number of hydrogen-bond acceptors (Lipinski definition) is 5. The molecule has 0 aromatic carbocycles. The number of carbonyl (C=O) groups excluding carboxylic acids is 1. The van der Waals surface area contributed by atoms with Crippen LogP contribution >= 0.6 is 0 Å². The summed E-state index contributed by atoms with van der Waals surface area (Å²) in [7, 11) is 0. The molecule has 2 heterocycles. The summed E-state index contributed by atoms with van der Waals surface area (Å²) in [5.74, 6) is -1.22. The zero-order valence-corrected chi connectivity index (χ0v) is 13.3. The third-order valence-corrected chi connectivity index (χ3v) is 3.87. The standard InChI is InChI=1S/C17H4F6N4O/c18-16(19,20)8-1-10-12(7(3-24)4-25)15(28)11-2-9(17(21,22)23)6-27-14(11)13(10)26-5-8/h1-2,5-6H. The molecule has 2 aromatic rings. The Morgan fingerprint density at radius 3 is 1.68 bits per heavy atom. The minimum atomic E-state index is -4.84. The van der Waals surface area contributed by atoms with Crippen LogP contribution in [0.4, 0.5) is 26.3 Å². The first-order valence-electron chi connectivity index (χ1n) is 7.23. The lowest BCUT2D eigenvalue weighted by atomic mass is 9.83. The number of Topliss-reactive ketones (excluding diaryl/α,β-unsaturated/α-hetero) is 1. The van der Waals surface area contributed by atoms with Crippen LogP contribution in [0.5, 0.6) is 0 Å². The lowest BCUT2D eigenvalue weighted by molar-refractivity contribution is -0.138. The van der Waals surface area contributed by atoms with Crippen molar-refractivity contribution in [2.45, 2.75) is 12.4 Å². The molecular formula is C17H4F6N4O. The molecule has 1 aliphatic carbocycles. The van der Waals surface area contributed by atoms with Crippen LogP contribution in [0.15, 0.2) is 30.1 Å². The molecule has 0 saturated carbocycles. The van der Waals surface area contributed by atoms with Crippen LogP contribution in [0.3, 0.4) is 0 Å². The summed E-state index contributed by atoms with van der Waals surface area (Å²) >= 11 is 0. The van der Waals surface area contributed by atoms with Crippen molar-refractivity contribution >= 4 is 11.4 Å². The molecule has 0 amide bonds. The fourth-order valence-electron chi connectivity index (χ4n) is 2.62. The lowest BCUT2D eigenvalue weighted by Gasteiger charge is -2.21. The van der Waals surface area contributed by atoms with E-state index in [0.29, 0.717) is 24.5 Å². The molecular weight excluding hydrogens is 390 g/mol. The molecule has 0 bridgehead atoms. The first-order valence-corrected chi connectivity index (χ1v) is 7.23. The number of alkyl halides is 6. The first-order chi connectivity index (χ1) is 13.0. The van der Waals surface area contributed by atoms with Crippen LogP contribution < -0.4 is 0 Å². The zero-order valence-electron chi connectivity index (χ0n) is 13.3. The summed E-state index contributed by atoms with van der Waals surface area (Å²) in [6.45, 7) is 0. The number of fused-ring (bicyclic) bond motifs is 3. The van der Waals surface area contributed by atoms with Gasteiger partial charge < -0.3 is 0 Å². The minimum Gasteiger partial charge on any atom is -0.288 e. The summed E-state index contributed by atoms with van der Waals surface area (Å²) in [5.41, 5.74) is -5.98. The number of nitrogens with zero attached hydrogens (tertiary/aromatic N) is 4. The quantitative estimate of drug-likeness (QED) is 0.380. The van der Waals surface area contributed by atoms with E-state index in [2.05, 4.69) is 9.97 Å². The number of rotatable bonds is 0. The lowest BCUT2D eigenvalue weighted by Crippen LogP contribution is -2.19. The second-order valence-electron chi connectivity index (χ2n) is 5.54. The molecule has 0 radical (unpaired) electrons. The minimum absolute atomic E-state index is 0.339. The number of pyridine rings is 2. The Morgan fingerprint density at radius 1 is 0.821 bits per heavy atom. The molecule has 0 atom stereocenters. The number of carbonyl (C=O) groups is 1. The van der Waals surface area contributed by atoms with E-state index >= 15 is 0 Å². The van der Waals surface area contributed by atoms with E-state index in [9.17, 15) is 31.1 Å². The largest absolute Gasteiger partial charge is 0.417 e. The summed E-state index contributed by atoms with van der Waals surface area (Å²) in [4.78, 5) is 19.8. The van der Waals surface area contributed by atoms with Crippen LogP contribution in [-0.4, -0.2) is 15.8 Å². The zero-order chi connectivity index (χ0) is 20.9. The third kappa shape index (κ3) is 2.97. The Morgan fingerprint density at radius 2 is 1.25 bits per heavy atom. The van der Waals surface area contributed by atoms with Gasteiger partial charge in [0.05, 0.1) is 28.0 Å². The number of halogens is 6. The molecule has 3 rings (SSSR count). The van der Waals surface area contributed by atoms with Crippen molar-refractivity contribution < 1.29 is 31.1 Å². The molecule has 5 nitrogen and oxygen atoms in total. The van der Waals surface area contributed by atoms with Crippen LogP contribution in [0.1, 0.15) is 27.0 Å². The molecule has 28 heavy (non-hydrogen) atoms. The molecule has 11 heteroatoms. The van der Waals surface area contributed by atoms with Gasteiger partial charge in [0.25, 0.3) is 0 Å². The molecule has 2 aromatic heterocycles. The van der Waals surface area contributed by atoms with Gasteiger partial charge in [-0.05, 0) is 12.1 Å². The Kier molecular flexibility index (Phi) is 4.19. The van der Waals surface area contributed by atoms with E-state index in [1.165, 1.54) is 12.1 Å². The summed E-state index contributed by atoms with van der Waals surface area (Å²) < 4.78 is 77.9. The van der Waals surface area contributed by atoms with Gasteiger partial charge in [-0.1, -0.05) is 0 Å². The van der Waals surface area contributed by atoms with Gasteiger partial charge in [-0.15, -0.1) is 0 Å². The smallest absolute Gasteiger partial charge is 0.288 e. The van der Waals surface area contributed by atoms with E-state index in [1.54, 1.807) is 0 Å².